The van der Waals surface area contributed by atoms with E-state index in [4.69, 9.17) is 4.74 Å². The molecule has 0 spiro atoms. The smallest absolute Gasteiger partial charge is 0.310 e. The van der Waals surface area contributed by atoms with E-state index in [1.807, 2.05) is 0 Å². The fourth-order valence-electron chi connectivity index (χ4n) is 2.58. The van der Waals surface area contributed by atoms with Gasteiger partial charge in [-0.15, -0.1) is 0 Å². The Hall–Kier alpha value is -2.21. The Labute approximate surface area is 109 Å². The van der Waals surface area contributed by atoms with Gasteiger partial charge in [-0.05, 0) is 12.1 Å². The SMILES string of the molecule is O=C(O)[C@@H]1[C@@H](C(=O)Nc2cccnc2)[C@H]2C=C[C@H]1O2. The number of fused-ring (bicyclic) bond motifs is 2. The maximum absolute atomic E-state index is 12.2. The molecule has 98 valence electrons. The number of nitrogens with one attached hydrogen (secondary N) is 1. The molecule has 2 aliphatic rings. The van der Waals surface area contributed by atoms with Crippen molar-refractivity contribution in [3.05, 3.63) is 36.7 Å². The zero-order valence-corrected chi connectivity index (χ0v) is 9.89. The van der Waals surface area contributed by atoms with Gasteiger partial charge in [0.2, 0.25) is 5.91 Å². The summed E-state index contributed by atoms with van der Waals surface area (Å²) in [5, 5.41) is 11.9. The van der Waals surface area contributed by atoms with Crippen molar-refractivity contribution in [1.82, 2.24) is 4.98 Å². The number of carboxylic acid groups (broad SMARTS) is 1. The van der Waals surface area contributed by atoms with E-state index in [-0.39, 0.29) is 5.91 Å². The van der Waals surface area contributed by atoms with Gasteiger partial charge in [0.25, 0.3) is 0 Å². The molecule has 0 radical (unpaired) electrons. The molecule has 3 heterocycles. The van der Waals surface area contributed by atoms with Crippen LogP contribution in [0.25, 0.3) is 0 Å². The number of carbonyl (C=O) groups is 2. The second-order valence-corrected chi connectivity index (χ2v) is 4.57. The first-order valence-corrected chi connectivity index (χ1v) is 5.94. The van der Waals surface area contributed by atoms with Crippen molar-refractivity contribution in [3.63, 3.8) is 0 Å². The number of ether oxygens (including phenoxy) is 1. The minimum Gasteiger partial charge on any atom is -0.481 e. The van der Waals surface area contributed by atoms with Crippen LogP contribution >= 0.6 is 0 Å². The van der Waals surface area contributed by atoms with E-state index in [9.17, 15) is 14.7 Å². The van der Waals surface area contributed by atoms with Crippen LogP contribution in [0.5, 0.6) is 0 Å². The molecule has 0 aromatic carbocycles. The first kappa shape index (κ1) is 11.9. The lowest BCUT2D eigenvalue weighted by molar-refractivity contribution is -0.145. The Kier molecular flexibility index (Phi) is 2.79. The van der Waals surface area contributed by atoms with E-state index in [1.165, 1.54) is 6.20 Å². The summed E-state index contributed by atoms with van der Waals surface area (Å²) in [5.74, 6) is -2.89. The lowest BCUT2D eigenvalue weighted by Crippen LogP contribution is -2.39. The third kappa shape index (κ3) is 2.00. The zero-order valence-electron chi connectivity index (χ0n) is 9.89. The number of pyridine rings is 1. The van der Waals surface area contributed by atoms with Crippen LogP contribution in [-0.4, -0.2) is 34.2 Å². The molecule has 2 N–H and O–H groups in total. The highest BCUT2D eigenvalue weighted by atomic mass is 16.5. The maximum atomic E-state index is 12.2. The highest BCUT2D eigenvalue weighted by Crippen LogP contribution is 2.39. The monoisotopic (exact) mass is 260 g/mol. The number of amides is 1. The predicted molar refractivity (Wildman–Crippen MR) is 65.3 cm³/mol. The third-order valence-electron chi connectivity index (χ3n) is 3.42. The van der Waals surface area contributed by atoms with Crippen molar-refractivity contribution in [2.75, 3.05) is 5.32 Å². The molecule has 1 amide bonds. The van der Waals surface area contributed by atoms with Gasteiger partial charge in [-0.25, -0.2) is 0 Å². The molecule has 2 bridgehead atoms. The first-order chi connectivity index (χ1) is 9.16. The van der Waals surface area contributed by atoms with Crippen LogP contribution in [-0.2, 0) is 14.3 Å². The quantitative estimate of drug-likeness (QED) is 0.780. The molecule has 19 heavy (non-hydrogen) atoms. The maximum Gasteiger partial charge on any atom is 0.310 e. The molecule has 6 heteroatoms. The van der Waals surface area contributed by atoms with E-state index in [1.54, 1.807) is 30.5 Å². The number of aromatic nitrogens is 1. The van der Waals surface area contributed by atoms with Crippen molar-refractivity contribution < 1.29 is 19.4 Å². The highest BCUT2D eigenvalue weighted by Gasteiger charge is 2.53. The molecular weight excluding hydrogens is 248 g/mol. The van der Waals surface area contributed by atoms with Crippen molar-refractivity contribution in [3.8, 4) is 0 Å². The van der Waals surface area contributed by atoms with Gasteiger partial charge in [-0.1, -0.05) is 12.2 Å². The van der Waals surface area contributed by atoms with Crippen molar-refractivity contribution >= 4 is 17.6 Å². The van der Waals surface area contributed by atoms with E-state index in [0.29, 0.717) is 5.69 Å². The molecule has 1 fully saturated rings. The summed E-state index contributed by atoms with van der Waals surface area (Å²) in [6.07, 6.45) is 5.60. The van der Waals surface area contributed by atoms with E-state index in [2.05, 4.69) is 10.3 Å². The fourth-order valence-corrected chi connectivity index (χ4v) is 2.58. The van der Waals surface area contributed by atoms with E-state index < -0.39 is 30.0 Å². The highest BCUT2D eigenvalue weighted by molar-refractivity contribution is 5.96. The summed E-state index contributed by atoms with van der Waals surface area (Å²) in [6, 6.07) is 3.39. The summed E-state index contributed by atoms with van der Waals surface area (Å²) < 4.78 is 5.45. The Morgan fingerprint density at radius 3 is 2.63 bits per heavy atom. The van der Waals surface area contributed by atoms with Crippen LogP contribution in [0.15, 0.2) is 36.7 Å². The van der Waals surface area contributed by atoms with Gasteiger partial charge >= 0.3 is 5.97 Å². The normalized spacial score (nSPS) is 31.4. The molecular formula is C13H12N2O4. The van der Waals surface area contributed by atoms with Gasteiger partial charge in [0.15, 0.2) is 0 Å². The van der Waals surface area contributed by atoms with Crippen LogP contribution in [0.4, 0.5) is 5.69 Å². The predicted octanol–water partition coefficient (Wildman–Crippen LogP) is 0.674. The van der Waals surface area contributed by atoms with Crippen molar-refractivity contribution in [2.45, 2.75) is 12.2 Å². The number of aliphatic carboxylic acids is 1. The lowest BCUT2D eigenvalue weighted by atomic mass is 9.82. The number of rotatable bonds is 3. The lowest BCUT2D eigenvalue weighted by Gasteiger charge is -2.20. The van der Waals surface area contributed by atoms with Gasteiger partial charge in [-0.3, -0.25) is 14.6 Å². The first-order valence-electron chi connectivity index (χ1n) is 5.94. The van der Waals surface area contributed by atoms with E-state index >= 15 is 0 Å². The van der Waals surface area contributed by atoms with Gasteiger partial charge in [-0.2, -0.15) is 0 Å². The number of carbonyl (C=O) groups excluding carboxylic acids is 1. The van der Waals surface area contributed by atoms with Gasteiger partial charge in [0.05, 0.1) is 30.0 Å². The van der Waals surface area contributed by atoms with Crippen LogP contribution in [0, 0.1) is 11.8 Å². The Morgan fingerprint density at radius 1 is 1.26 bits per heavy atom. The molecule has 1 aromatic heterocycles. The van der Waals surface area contributed by atoms with Crippen molar-refractivity contribution in [1.29, 1.82) is 0 Å². The van der Waals surface area contributed by atoms with Crippen LogP contribution in [0.2, 0.25) is 0 Å². The summed E-state index contributed by atoms with van der Waals surface area (Å²) >= 11 is 0. The van der Waals surface area contributed by atoms with Gasteiger partial charge < -0.3 is 15.2 Å². The Bertz CT molecular complexity index is 543. The molecule has 3 rings (SSSR count). The average molecular weight is 260 g/mol. The Morgan fingerprint density at radius 2 is 2.00 bits per heavy atom. The number of hydrogen-bond acceptors (Lipinski definition) is 4. The number of anilines is 1. The van der Waals surface area contributed by atoms with Crippen LogP contribution in [0.1, 0.15) is 0 Å². The molecule has 0 saturated carbocycles. The topological polar surface area (TPSA) is 88.5 Å². The average Bonchev–Trinajstić information content (AvgIpc) is 2.99. The second kappa shape index (κ2) is 4.47. The molecule has 4 atom stereocenters. The largest absolute Gasteiger partial charge is 0.481 e. The summed E-state index contributed by atoms with van der Waals surface area (Å²) in [7, 11) is 0. The number of nitrogens with zero attached hydrogens (tertiary/aromatic N) is 1. The van der Waals surface area contributed by atoms with Gasteiger partial charge in [0.1, 0.15) is 5.92 Å². The molecule has 2 aliphatic heterocycles. The minimum atomic E-state index is -1.01. The summed E-state index contributed by atoms with van der Waals surface area (Å²) in [4.78, 5) is 27.3. The second-order valence-electron chi connectivity index (χ2n) is 4.57. The Balaban J connectivity index is 1.79. The standard InChI is InChI=1S/C13H12N2O4/c16-12(15-7-2-1-5-14-6-7)10-8-3-4-9(19-8)11(10)13(17)18/h1-6,8-11H,(H,15,16)(H,17,18)/t8-,9-,10+,11+/m1/s1. The van der Waals surface area contributed by atoms with Crippen molar-refractivity contribution in [2.24, 2.45) is 11.8 Å². The van der Waals surface area contributed by atoms with Crippen LogP contribution < -0.4 is 5.32 Å². The minimum absolute atomic E-state index is 0.350. The zero-order chi connectivity index (χ0) is 13.4. The fraction of sp³-hybridized carbons (Fsp3) is 0.308. The van der Waals surface area contributed by atoms with Crippen LogP contribution in [0.3, 0.4) is 0 Å². The molecule has 6 nitrogen and oxygen atoms in total. The number of hydrogen-bond donors (Lipinski definition) is 2. The third-order valence-corrected chi connectivity index (χ3v) is 3.42. The van der Waals surface area contributed by atoms with Gasteiger partial charge in [0, 0.05) is 6.20 Å². The molecule has 0 aliphatic carbocycles. The number of carboxylic acids is 1. The summed E-state index contributed by atoms with van der Waals surface area (Å²) in [5.41, 5.74) is 0.545. The summed E-state index contributed by atoms with van der Waals surface area (Å²) in [6.45, 7) is 0. The molecule has 1 aromatic rings. The molecule has 1 saturated heterocycles. The van der Waals surface area contributed by atoms with E-state index in [0.717, 1.165) is 0 Å². The molecule has 0 unspecified atom stereocenters.